The number of carbonyl (C=O) groups excluding carboxylic acids is 2. The summed E-state index contributed by atoms with van der Waals surface area (Å²) in [6.07, 6.45) is 2.77. The van der Waals surface area contributed by atoms with Crippen molar-refractivity contribution in [2.24, 2.45) is 0 Å². The highest BCUT2D eigenvalue weighted by molar-refractivity contribution is 6.30. The molecule has 2 aromatic rings. The third kappa shape index (κ3) is 3.26. The lowest BCUT2D eigenvalue weighted by atomic mass is 10.1. The number of anilines is 1. The highest BCUT2D eigenvalue weighted by Crippen LogP contribution is 2.26. The predicted octanol–water partition coefficient (Wildman–Crippen LogP) is 2.88. The summed E-state index contributed by atoms with van der Waals surface area (Å²) in [5.41, 5.74) is 1.73. The second kappa shape index (κ2) is 6.15. The van der Waals surface area contributed by atoms with Crippen LogP contribution in [0.15, 0.2) is 36.5 Å². The molecule has 112 valence electrons. The predicted molar refractivity (Wildman–Crippen MR) is 82.5 cm³/mol. The van der Waals surface area contributed by atoms with Gasteiger partial charge in [0.25, 0.3) is 5.91 Å². The van der Waals surface area contributed by atoms with E-state index in [9.17, 15) is 9.59 Å². The molecule has 0 bridgehead atoms. The van der Waals surface area contributed by atoms with Crippen molar-refractivity contribution in [3.63, 3.8) is 0 Å². The summed E-state index contributed by atoms with van der Waals surface area (Å²) >= 11 is 5.72. The Hall–Kier alpha value is -2.40. The van der Waals surface area contributed by atoms with Crippen LogP contribution < -0.4 is 10.1 Å². The van der Waals surface area contributed by atoms with Crippen molar-refractivity contribution >= 4 is 29.1 Å². The number of hydrogen-bond donors (Lipinski definition) is 1. The smallest absolute Gasteiger partial charge is 0.263 e. The van der Waals surface area contributed by atoms with E-state index in [1.54, 1.807) is 24.3 Å². The van der Waals surface area contributed by atoms with Gasteiger partial charge in [-0.2, -0.15) is 0 Å². The third-order valence-electron chi connectivity index (χ3n) is 3.37. The first kappa shape index (κ1) is 14.5. The largest absolute Gasteiger partial charge is 0.484 e. The van der Waals surface area contributed by atoms with Crippen molar-refractivity contribution in [1.29, 1.82) is 0 Å². The fourth-order valence-electron chi connectivity index (χ4n) is 2.28. The Labute approximate surface area is 132 Å². The number of aromatic nitrogens is 1. The number of amides is 1. The topological polar surface area (TPSA) is 68.3 Å². The molecular formula is C16H13ClN2O3. The zero-order chi connectivity index (χ0) is 15.5. The van der Waals surface area contributed by atoms with Gasteiger partial charge in [-0.25, -0.2) is 4.98 Å². The quantitative estimate of drug-likeness (QED) is 0.941. The van der Waals surface area contributed by atoms with E-state index in [1.807, 2.05) is 6.07 Å². The first-order chi connectivity index (χ1) is 10.6. The third-order valence-corrected chi connectivity index (χ3v) is 3.59. The Bertz CT molecular complexity index is 729. The van der Waals surface area contributed by atoms with Crippen LogP contribution in [-0.4, -0.2) is 23.3 Å². The first-order valence-electron chi connectivity index (χ1n) is 6.82. The Balaban J connectivity index is 1.58. The second-order valence-corrected chi connectivity index (χ2v) is 5.38. The van der Waals surface area contributed by atoms with Crippen molar-refractivity contribution in [3.8, 4) is 5.75 Å². The molecule has 0 fully saturated rings. The highest BCUT2D eigenvalue weighted by atomic mass is 35.5. The van der Waals surface area contributed by atoms with E-state index in [0.29, 0.717) is 28.6 Å². The molecule has 1 aromatic heterocycles. The van der Waals surface area contributed by atoms with Gasteiger partial charge in [-0.15, -0.1) is 0 Å². The molecule has 3 rings (SSSR count). The number of benzene rings is 1. The molecule has 1 aliphatic carbocycles. The molecule has 0 saturated heterocycles. The SMILES string of the molecule is O=C(COc1ccc2c(c1)C(=O)CC2)Nc1ccc(Cl)cn1. The number of ketones is 1. The molecule has 6 heteroatoms. The number of nitrogens with zero attached hydrogens (tertiary/aromatic N) is 1. The van der Waals surface area contributed by atoms with Crippen LogP contribution in [0, 0.1) is 0 Å². The fourth-order valence-corrected chi connectivity index (χ4v) is 2.40. The van der Waals surface area contributed by atoms with Gasteiger partial charge in [0.1, 0.15) is 11.6 Å². The maximum atomic E-state index is 11.8. The lowest BCUT2D eigenvalue weighted by molar-refractivity contribution is -0.118. The number of halogens is 1. The number of pyridine rings is 1. The Kier molecular flexibility index (Phi) is 4.06. The molecule has 0 spiro atoms. The van der Waals surface area contributed by atoms with Crippen LogP contribution >= 0.6 is 11.6 Å². The van der Waals surface area contributed by atoms with Gasteiger partial charge in [0.15, 0.2) is 12.4 Å². The van der Waals surface area contributed by atoms with Gasteiger partial charge < -0.3 is 10.1 Å². The number of nitrogens with one attached hydrogen (secondary N) is 1. The average molecular weight is 317 g/mol. The lowest BCUT2D eigenvalue weighted by Crippen LogP contribution is -2.20. The minimum Gasteiger partial charge on any atom is -0.484 e. The summed E-state index contributed by atoms with van der Waals surface area (Å²) in [6, 6.07) is 8.57. The molecule has 1 aliphatic rings. The molecule has 22 heavy (non-hydrogen) atoms. The Morgan fingerprint density at radius 3 is 2.91 bits per heavy atom. The van der Waals surface area contributed by atoms with Gasteiger partial charge in [0, 0.05) is 18.2 Å². The molecule has 0 saturated carbocycles. The van der Waals surface area contributed by atoms with E-state index in [2.05, 4.69) is 10.3 Å². The average Bonchev–Trinajstić information content (AvgIpc) is 2.89. The van der Waals surface area contributed by atoms with Crippen molar-refractivity contribution in [2.45, 2.75) is 12.8 Å². The zero-order valence-corrected chi connectivity index (χ0v) is 12.4. The molecule has 1 aromatic carbocycles. The summed E-state index contributed by atoms with van der Waals surface area (Å²) in [4.78, 5) is 27.4. The molecule has 0 radical (unpaired) electrons. The van der Waals surface area contributed by atoms with Crippen LogP contribution in [-0.2, 0) is 11.2 Å². The number of rotatable bonds is 4. The summed E-state index contributed by atoms with van der Waals surface area (Å²) in [6.45, 7) is -0.155. The van der Waals surface area contributed by atoms with E-state index in [-0.39, 0.29) is 18.3 Å². The summed E-state index contributed by atoms with van der Waals surface area (Å²) < 4.78 is 5.42. The molecule has 0 aliphatic heterocycles. The molecule has 1 N–H and O–H groups in total. The highest BCUT2D eigenvalue weighted by Gasteiger charge is 2.19. The molecule has 1 amide bonds. The maximum absolute atomic E-state index is 11.8. The minimum atomic E-state index is -0.332. The van der Waals surface area contributed by atoms with Crippen LogP contribution in [0.2, 0.25) is 5.02 Å². The van der Waals surface area contributed by atoms with Crippen molar-refractivity contribution in [2.75, 3.05) is 11.9 Å². The Morgan fingerprint density at radius 1 is 1.27 bits per heavy atom. The number of aryl methyl sites for hydroxylation is 1. The van der Waals surface area contributed by atoms with Crippen molar-refractivity contribution in [3.05, 3.63) is 52.7 Å². The van der Waals surface area contributed by atoms with Crippen LogP contribution in [0.5, 0.6) is 5.75 Å². The van der Waals surface area contributed by atoms with Crippen LogP contribution in [0.25, 0.3) is 0 Å². The van der Waals surface area contributed by atoms with Gasteiger partial charge in [0.2, 0.25) is 0 Å². The van der Waals surface area contributed by atoms with Gasteiger partial charge in [-0.1, -0.05) is 17.7 Å². The van der Waals surface area contributed by atoms with Gasteiger partial charge >= 0.3 is 0 Å². The maximum Gasteiger partial charge on any atom is 0.263 e. The van der Waals surface area contributed by atoms with Crippen LogP contribution in [0.3, 0.4) is 0 Å². The van der Waals surface area contributed by atoms with Crippen molar-refractivity contribution < 1.29 is 14.3 Å². The number of Topliss-reactive ketones (excluding diaryl/α,β-unsaturated/α-hetero) is 1. The number of ether oxygens (including phenoxy) is 1. The molecular weight excluding hydrogens is 304 g/mol. The van der Waals surface area contributed by atoms with Gasteiger partial charge in [0.05, 0.1) is 5.02 Å². The standard InChI is InChI=1S/C16H13ClN2O3/c17-11-3-6-15(18-8-11)19-16(21)9-22-12-4-1-10-2-5-14(20)13(10)7-12/h1,3-4,6-8H,2,5,9H2,(H,18,19,21). The van der Waals surface area contributed by atoms with Gasteiger partial charge in [-0.3, -0.25) is 9.59 Å². The number of fused-ring (bicyclic) bond motifs is 1. The molecule has 0 atom stereocenters. The van der Waals surface area contributed by atoms with E-state index < -0.39 is 0 Å². The van der Waals surface area contributed by atoms with Crippen LogP contribution in [0.4, 0.5) is 5.82 Å². The second-order valence-electron chi connectivity index (χ2n) is 4.94. The van der Waals surface area contributed by atoms with Gasteiger partial charge in [-0.05, 0) is 36.2 Å². The molecule has 0 unspecified atom stereocenters. The van der Waals surface area contributed by atoms with Crippen LogP contribution in [0.1, 0.15) is 22.3 Å². The monoisotopic (exact) mass is 316 g/mol. The lowest BCUT2D eigenvalue weighted by Gasteiger charge is -2.08. The summed E-state index contributed by atoms with van der Waals surface area (Å²) in [7, 11) is 0. The summed E-state index contributed by atoms with van der Waals surface area (Å²) in [5, 5.41) is 3.10. The van der Waals surface area contributed by atoms with Crippen molar-refractivity contribution in [1.82, 2.24) is 4.98 Å². The number of carbonyl (C=O) groups is 2. The Morgan fingerprint density at radius 2 is 2.14 bits per heavy atom. The molecule has 1 heterocycles. The van der Waals surface area contributed by atoms with E-state index >= 15 is 0 Å². The minimum absolute atomic E-state index is 0.121. The fraction of sp³-hybridized carbons (Fsp3) is 0.188. The normalized spacial score (nSPS) is 12.9. The van der Waals surface area contributed by atoms with E-state index in [1.165, 1.54) is 6.20 Å². The van der Waals surface area contributed by atoms with E-state index in [0.717, 1.165) is 12.0 Å². The zero-order valence-electron chi connectivity index (χ0n) is 11.6. The first-order valence-corrected chi connectivity index (χ1v) is 7.20. The van der Waals surface area contributed by atoms with E-state index in [4.69, 9.17) is 16.3 Å². The summed E-state index contributed by atoms with van der Waals surface area (Å²) in [5.74, 6) is 0.701. The molecule has 5 nitrogen and oxygen atoms in total. The number of hydrogen-bond acceptors (Lipinski definition) is 4.